The molecule has 0 aromatic carbocycles. The molecule has 0 saturated heterocycles. The summed E-state index contributed by atoms with van der Waals surface area (Å²) in [4.78, 5) is 0. The van der Waals surface area contributed by atoms with E-state index in [9.17, 15) is 0 Å². The van der Waals surface area contributed by atoms with Crippen molar-refractivity contribution in [1.82, 2.24) is 20.6 Å². The van der Waals surface area contributed by atoms with Crippen LogP contribution in [-0.2, 0) is 0 Å². The molecule has 0 aliphatic carbocycles. The fourth-order valence-corrected chi connectivity index (χ4v) is 0.129. The summed E-state index contributed by atoms with van der Waals surface area (Å²) in [7, 11) is 0. The standard InChI is InChI=1S/CH2N4.Sn.4H/c1-2-4-5-3-1;;;;;/h1H,(H,2,3,4,5);;;;;. The van der Waals surface area contributed by atoms with Crippen LogP contribution < -0.4 is 0 Å². The number of hydrogen-bond acceptors (Lipinski definition) is 3. The van der Waals surface area contributed by atoms with Gasteiger partial charge >= 0.3 is 23.9 Å². The fourth-order valence-electron chi connectivity index (χ4n) is 0.129. The van der Waals surface area contributed by atoms with E-state index in [1.54, 1.807) is 0 Å². The number of rotatable bonds is 0. The Bertz CT molecular complexity index is 64.0. The predicted octanol–water partition coefficient (Wildman–Crippen LogP) is -2.25. The summed E-state index contributed by atoms with van der Waals surface area (Å²) in [5, 5.41) is 12.1. The Morgan fingerprint density at radius 1 is 1.50 bits per heavy atom. The summed E-state index contributed by atoms with van der Waals surface area (Å²) >= 11 is 0. The molecule has 5 heteroatoms. The molecule has 0 aliphatic rings. The third-order valence-corrected chi connectivity index (χ3v) is 0.270. The molecule has 0 radical (unpaired) electrons. The molecular formula is CH6N4Sn. The van der Waals surface area contributed by atoms with Crippen molar-refractivity contribution in [3.8, 4) is 0 Å². The Morgan fingerprint density at radius 2 is 2.33 bits per heavy atom. The minimum atomic E-state index is 0. The number of nitrogens with zero attached hydrogens (tertiary/aromatic N) is 3. The molecule has 0 atom stereocenters. The topological polar surface area (TPSA) is 54.5 Å². The van der Waals surface area contributed by atoms with E-state index >= 15 is 0 Å². The zero-order valence-corrected chi connectivity index (χ0v) is 2.42. The van der Waals surface area contributed by atoms with Gasteiger partial charge in [0.15, 0.2) is 0 Å². The molecule has 0 spiro atoms. The first-order chi connectivity index (χ1) is 2.50. The van der Waals surface area contributed by atoms with Gasteiger partial charge in [0.25, 0.3) is 0 Å². The quantitative estimate of drug-likeness (QED) is 0.473. The molecular weight excluding hydrogens is 187 g/mol. The van der Waals surface area contributed by atoms with Crippen molar-refractivity contribution in [3.05, 3.63) is 6.33 Å². The van der Waals surface area contributed by atoms with Crippen LogP contribution in [0.25, 0.3) is 0 Å². The molecule has 1 heterocycles. The van der Waals surface area contributed by atoms with Crippen molar-refractivity contribution in [2.75, 3.05) is 0 Å². The second-order valence-electron chi connectivity index (χ2n) is 0.563. The molecule has 4 nitrogen and oxygen atoms in total. The number of tetrazole rings is 1. The number of nitrogens with one attached hydrogen (secondary N) is 1. The van der Waals surface area contributed by atoms with Crippen molar-refractivity contribution in [1.29, 1.82) is 0 Å². The fraction of sp³-hybridized carbons (Fsp3) is 0. The van der Waals surface area contributed by atoms with E-state index in [4.69, 9.17) is 0 Å². The van der Waals surface area contributed by atoms with Gasteiger partial charge in [-0.25, -0.2) is 5.10 Å². The molecule has 0 amide bonds. The smallest absolute Gasteiger partial charge is 0.135 e. The molecule has 1 aromatic rings. The summed E-state index contributed by atoms with van der Waals surface area (Å²) < 4.78 is 0. The average Bonchev–Trinajstić information content (AvgIpc) is 1.76. The number of aromatic nitrogens is 4. The Balaban J connectivity index is 0.000000250. The van der Waals surface area contributed by atoms with Crippen LogP contribution in [0, 0.1) is 0 Å². The van der Waals surface area contributed by atoms with Gasteiger partial charge < -0.3 is 0 Å². The van der Waals surface area contributed by atoms with Crippen molar-refractivity contribution >= 4 is 23.9 Å². The molecule has 0 bridgehead atoms. The number of H-pyrrole nitrogens is 1. The summed E-state index contributed by atoms with van der Waals surface area (Å²) in [5.74, 6) is 0. The first kappa shape index (κ1) is 5.87. The van der Waals surface area contributed by atoms with Gasteiger partial charge in [0.1, 0.15) is 6.33 Å². The summed E-state index contributed by atoms with van der Waals surface area (Å²) in [6.45, 7) is 0. The number of hydrogen-bond donors (Lipinski definition) is 1. The SMILES string of the molecule is [SnH4].c1nnn[nH]1. The van der Waals surface area contributed by atoms with E-state index in [-0.39, 0.29) is 23.9 Å². The molecule has 1 aromatic heterocycles. The van der Waals surface area contributed by atoms with Gasteiger partial charge in [0, 0.05) is 0 Å². The van der Waals surface area contributed by atoms with Crippen LogP contribution in [-0.4, -0.2) is 44.5 Å². The van der Waals surface area contributed by atoms with Gasteiger partial charge in [-0.2, -0.15) is 0 Å². The monoisotopic (exact) mass is 194 g/mol. The van der Waals surface area contributed by atoms with E-state index in [0.29, 0.717) is 0 Å². The van der Waals surface area contributed by atoms with Crippen LogP contribution in [0.15, 0.2) is 6.33 Å². The summed E-state index contributed by atoms with van der Waals surface area (Å²) in [6.07, 6.45) is 1.40. The summed E-state index contributed by atoms with van der Waals surface area (Å²) in [6, 6.07) is 0. The van der Waals surface area contributed by atoms with Crippen LogP contribution in [0.5, 0.6) is 0 Å². The maximum absolute atomic E-state index is 3.31. The van der Waals surface area contributed by atoms with Gasteiger partial charge in [-0.05, 0) is 10.4 Å². The second kappa shape index (κ2) is 3.07. The Labute approximate surface area is 51.3 Å². The van der Waals surface area contributed by atoms with Gasteiger partial charge in [-0.15, -0.1) is 5.10 Å². The molecule has 0 saturated carbocycles. The Kier molecular flexibility index (Phi) is 3.01. The Morgan fingerprint density at radius 3 is 2.50 bits per heavy atom. The molecule has 6 heavy (non-hydrogen) atoms. The maximum atomic E-state index is 3.31. The first-order valence-corrected chi connectivity index (χ1v) is 1.17. The van der Waals surface area contributed by atoms with Crippen LogP contribution in [0.3, 0.4) is 0 Å². The van der Waals surface area contributed by atoms with E-state index < -0.39 is 0 Å². The van der Waals surface area contributed by atoms with Gasteiger partial charge in [0.05, 0.1) is 0 Å². The average molecular weight is 193 g/mol. The first-order valence-electron chi connectivity index (χ1n) is 1.17. The van der Waals surface area contributed by atoms with E-state index in [1.165, 1.54) is 6.33 Å². The second-order valence-corrected chi connectivity index (χ2v) is 0.563. The zero-order chi connectivity index (χ0) is 3.54. The largest absolute Gasteiger partial charge is 0.246 e. The molecule has 0 aliphatic heterocycles. The van der Waals surface area contributed by atoms with E-state index in [2.05, 4.69) is 20.6 Å². The van der Waals surface area contributed by atoms with Crippen LogP contribution in [0.4, 0.5) is 0 Å². The molecule has 0 fully saturated rings. The number of aromatic amines is 1. The van der Waals surface area contributed by atoms with Gasteiger partial charge in [0.2, 0.25) is 0 Å². The molecule has 1 N–H and O–H groups in total. The molecule has 0 unspecified atom stereocenters. The minimum absolute atomic E-state index is 0. The van der Waals surface area contributed by atoms with E-state index in [1.807, 2.05) is 0 Å². The molecule has 1 rings (SSSR count). The van der Waals surface area contributed by atoms with Gasteiger partial charge in [-0.1, -0.05) is 0 Å². The minimum Gasteiger partial charge on any atom is -0.246 e. The van der Waals surface area contributed by atoms with Crippen LogP contribution >= 0.6 is 0 Å². The van der Waals surface area contributed by atoms with E-state index in [0.717, 1.165) is 0 Å². The van der Waals surface area contributed by atoms with Crippen molar-refractivity contribution in [2.24, 2.45) is 0 Å². The maximum Gasteiger partial charge on any atom is 0.135 e. The third kappa shape index (κ3) is 1.34. The Hall–Kier alpha value is -0.131. The molecule has 34 valence electrons. The van der Waals surface area contributed by atoms with Crippen LogP contribution in [0.1, 0.15) is 0 Å². The summed E-state index contributed by atoms with van der Waals surface area (Å²) in [5.41, 5.74) is 0. The van der Waals surface area contributed by atoms with Crippen LogP contribution in [0.2, 0.25) is 0 Å². The van der Waals surface area contributed by atoms with Crippen molar-refractivity contribution in [3.63, 3.8) is 0 Å². The van der Waals surface area contributed by atoms with Gasteiger partial charge in [-0.3, -0.25) is 0 Å². The normalized spacial score (nSPS) is 6.67. The van der Waals surface area contributed by atoms with Crippen molar-refractivity contribution < 1.29 is 0 Å². The zero-order valence-electron chi connectivity index (χ0n) is 2.42. The predicted molar refractivity (Wildman–Crippen MR) is 25.5 cm³/mol. The third-order valence-electron chi connectivity index (χ3n) is 0.270. The van der Waals surface area contributed by atoms with Crippen molar-refractivity contribution in [2.45, 2.75) is 0 Å².